The lowest BCUT2D eigenvalue weighted by molar-refractivity contribution is 0.220. The fraction of sp³-hybridized carbons (Fsp3) is 0.533. The van der Waals surface area contributed by atoms with Crippen molar-refractivity contribution in [3.8, 4) is 5.75 Å². The van der Waals surface area contributed by atoms with Crippen molar-refractivity contribution in [2.24, 2.45) is 0 Å². The zero-order chi connectivity index (χ0) is 16.4. The minimum atomic E-state index is -3.14. The lowest BCUT2D eigenvalue weighted by atomic mass is 10.1. The van der Waals surface area contributed by atoms with Gasteiger partial charge in [0.25, 0.3) is 0 Å². The summed E-state index contributed by atoms with van der Waals surface area (Å²) < 4.78 is 29.9. The molecule has 0 radical (unpaired) electrons. The van der Waals surface area contributed by atoms with Gasteiger partial charge in [0.2, 0.25) is 10.0 Å². The number of fused-ring (bicyclic) bond motifs is 1. The van der Waals surface area contributed by atoms with Crippen molar-refractivity contribution in [1.29, 1.82) is 0 Å². The Morgan fingerprint density at radius 2 is 1.91 bits per heavy atom. The number of urea groups is 1. The summed E-state index contributed by atoms with van der Waals surface area (Å²) in [4.78, 5) is 12.1. The van der Waals surface area contributed by atoms with Crippen LogP contribution in [0, 0.1) is 0 Å². The first kappa shape index (κ1) is 16.1. The first-order valence-corrected chi connectivity index (χ1v) is 9.52. The van der Waals surface area contributed by atoms with Gasteiger partial charge in [-0.1, -0.05) is 18.2 Å². The van der Waals surface area contributed by atoms with Crippen LogP contribution in [0.1, 0.15) is 24.4 Å². The Morgan fingerprint density at radius 1 is 1.22 bits per heavy atom. The molecule has 7 nitrogen and oxygen atoms in total. The average Bonchev–Trinajstić information content (AvgIpc) is 2.90. The van der Waals surface area contributed by atoms with Crippen molar-refractivity contribution in [3.05, 3.63) is 29.8 Å². The van der Waals surface area contributed by atoms with Crippen LogP contribution in [0.25, 0.3) is 0 Å². The molecule has 2 aliphatic rings. The van der Waals surface area contributed by atoms with Crippen molar-refractivity contribution >= 4 is 16.1 Å². The quantitative estimate of drug-likeness (QED) is 0.854. The van der Waals surface area contributed by atoms with E-state index in [1.807, 2.05) is 24.3 Å². The Labute approximate surface area is 136 Å². The lowest BCUT2D eigenvalue weighted by Gasteiger charge is -2.30. The molecule has 2 aliphatic heterocycles. The van der Waals surface area contributed by atoms with Crippen LogP contribution in [-0.4, -0.2) is 50.7 Å². The zero-order valence-corrected chi connectivity index (χ0v) is 13.8. The van der Waals surface area contributed by atoms with E-state index in [9.17, 15) is 13.2 Å². The predicted octanol–water partition coefficient (Wildman–Crippen LogP) is 0.843. The Hall–Kier alpha value is -1.80. The summed E-state index contributed by atoms with van der Waals surface area (Å²) >= 11 is 0. The summed E-state index contributed by atoms with van der Waals surface area (Å²) in [7, 11) is -3.14. The van der Waals surface area contributed by atoms with Gasteiger partial charge in [0, 0.05) is 24.7 Å². The maximum absolute atomic E-state index is 12.1. The van der Waals surface area contributed by atoms with Crippen LogP contribution in [-0.2, 0) is 10.0 Å². The fourth-order valence-electron chi connectivity index (χ4n) is 3.00. The standard InChI is InChI=1S/C15H21N3O4S/c1-23(20,21)18-8-6-11(7-9-18)16-15(19)17-13-10-22-14-5-3-2-4-12(13)14/h2-5,11,13H,6-10H2,1H3,(H2,16,17,19)/t13-/m1/s1. The van der Waals surface area contributed by atoms with Crippen LogP contribution >= 0.6 is 0 Å². The second-order valence-electron chi connectivity index (χ2n) is 5.96. The van der Waals surface area contributed by atoms with E-state index in [1.54, 1.807) is 0 Å². The van der Waals surface area contributed by atoms with Gasteiger partial charge in [-0.05, 0) is 18.9 Å². The Morgan fingerprint density at radius 3 is 2.61 bits per heavy atom. The summed E-state index contributed by atoms with van der Waals surface area (Å²) in [5.41, 5.74) is 0.981. The highest BCUT2D eigenvalue weighted by molar-refractivity contribution is 7.88. The number of nitrogens with zero attached hydrogens (tertiary/aromatic N) is 1. The first-order valence-electron chi connectivity index (χ1n) is 7.67. The molecule has 1 saturated heterocycles. The molecule has 2 N–H and O–H groups in total. The number of ether oxygens (including phenoxy) is 1. The predicted molar refractivity (Wildman–Crippen MR) is 85.8 cm³/mol. The van der Waals surface area contributed by atoms with Gasteiger partial charge in [-0.2, -0.15) is 0 Å². The van der Waals surface area contributed by atoms with Crippen LogP contribution < -0.4 is 15.4 Å². The summed E-state index contributed by atoms with van der Waals surface area (Å²) in [6.45, 7) is 1.32. The number of carbonyl (C=O) groups is 1. The van der Waals surface area contributed by atoms with E-state index in [1.165, 1.54) is 10.6 Å². The van der Waals surface area contributed by atoms with Crippen LogP contribution in [0.4, 0.5) is 4.79 Å². The Kier molecular flexibility index (Phi) is 4.45. The van der Waals surface area contributed by atoms with E-state index >= 15 is 0 Å². The number of para-hydroxylation sites is 1. The van der Waals surface area contributed by atoms with E-state index in [-0.39, 0.29) is 18.1 Å². The van der Waals surface area contributed by atoms with Gasteiger partial charge in [-0.3, -0.25) is 0 Å². The van der Waals surface area contributed by atoms with E-state index in [2.05, 4.69) is 10.6 Å². The van der Waals surface area contributed by atoms with E-state index < -0.39 is 10.0 Å². The Bertz CT molecular complexity index is 684. The first-order chi connectivity index (χ1) is 10.9. The van der Waals surface area contributed by atoms with Crippen LogP contribution in [0.3, 0.4) is 0 Å². The summed E-state index contributed by atoms with van der Waals surface area (Å²) in [5, 5.41) is 5.84. The topological polar surface area (TPSA) is 87.7 Å². The fourth-order valence-corrected chi connectivity index (χ4v) is 3.87. The molecule has 0 spiro atoms. The van der Waals surface area contributed by atoms with E-state index in [4.69, 9.17) is 4.74 Å². The molecular weight excluding hydrogens is 318 g/mol. The highest BCUT2D eigenvalue weighted by Gasteiger charge is 2.28. The van der Waals surface area contributed by atoms with Gasteiger partial charge in [0.05, 0.1) is 12.3 Å². The molecule has 8 heteroatoms. The number of piperidine rings is 1. The Balaban J connectivity index is 1.50. The van der Waals surface area contributed by atoms with Crippen molar-refractivity contribution in [3.63, 3.8) is 0 Å². The number of carbonyl (C=O) groups excluding carboxylic acids is 1. The van der Waals surface area contributed by atoms with Gasteiger partial charge in [-0.25, -0.2) is 17.5 Å². The molecule has 0 unspecified atom stereocenters. The monoisotopic (exact) mass is 339 g/mol. The number of sulfonamides is 1. The van der Waals surface area contributed by atoms with Crippen molar-refractivity contribution < 1.29 is 17.9 Å². The zero-order valence-electron chi connectivity index (χ0n) is 13.0. The van der Waals surface area contributed by atoms with Gasteiger partial charge in [-0.15, -0.1) is 0 Å². The maximum Gasteiger partial charge on any atom is 0.315 e. The maximum atomic E-state index is 12.1. The average molecular weight is 339 g/mol. The number of hydrogen-bond donors (Lipinski definition) is 2. The molecule has 1 atom stereocenters. The minimum Gasteiger partial charge on any atom is -0.491 e. The van der Waals surface area contributed by atoms with Crippen LogP contribution in [0.2, 0.25) is 0 Å². The molecule has 0 bridgehead atoms. The number of amides is 2. The summed E-state index contributed by atoms with van der Waals surface area (Å²) in [5.74, 6) is 0.805. The lowest BCUT2D eigenvalue weighted by Crippen LogP contribution is -2.49. The second-order valence-corrected chi connectivity index (χ2v) is 7.94. The van der Waals surface area contributed by atoms with Crippen LogP contribution in [0.5, 0.6) is 5.75 Å². The smallest absolute Gasteiger partial charge is 0.315 e. The third-order valence-electron chi connectivity index (χ3n) is 4.26. The number of nitrogens with one attached hydrogen (secondary N) is 2. The van der Waals surface area contributed by atoms with Crippen molar-refractivity contribution in [2.45, 2.75) is 24.9 Å². The van der Waals surface area contributed by atoms with Crippen LogP contribution in [0.15, 0.2) is 24.3 Å². The van der Waals surface area contributed by atoms with Gasteiger partial charge < -0.3 is 15.4 Å². The largest absolute Gasteiger partial charge is 0.491 e. The molecule has 23 heavy (non-hydrogen) atoms. The number of benzene rings is 1. The molecule has 2 heterocycles. The summed E-state index contributed by atoms with van der Waals surface area (Å²) in [6.07, 6.45) is 2.46. The second kappa shape index (κ2) is 6.37. The van der Waals surface area contributed by atoms with Crippen molar-refractivity contribution in [1.82, 2.24) is 14.9 Å². The molecule has 3 rings (SSSR count). The number of hydrogen-bond acceptors (Lipinski definition) is 4. The molecule has 1 aromatic carbocycles. The van der Waals surface area contributed by atoms with Gasteiger partial charge >= 0.3 is 6.03 Å². The molecular formula is C15H21N3O4S. The molecule has 0 aliphatic carbocycles. The van der Waals surface area contributed by atoms with Gasteiger partial charge in [0.1, 0.15) is 12.4 Å². The van der Waals surface area contributed by atoms with E-state index in [0.29, 0.717) is 32.5 Å². The molecule has 126 valence electrons. The number of rotatable bonds is 3. The molecule has 0 aromatic heterocycles. The normalized spacial score (nSPS) is 22.2. The molecule has 2 amide bonds. The third-order valence-corrected chi connectivity index (χ3v) is 5.57. The summed E-state index contributed by atoms with van der Waals surface area (Å²) in [6, 6.07) is 7.24. The molecule has 1 fully saturated rings. The highest BCUT2D eigenvalue weighted by Crippen LogP contribution is 2.31. The van der Waals surface area contributed by atoms with E-state index in [0.717, 1.165) is 11.3 Å². The molecule has 1 aromatic rings. The minimum absolute atomic E-state index is 0.00874. The molecule has 0 saturated carbocycles. The SMILES string of the molecule is CS(=O)(=O)N1CCC(NC(=O)N[C@@H]2COc3ccccc32)CC1. The van der Waals surface area contributed by atoms with Crippen molar-refractivity contribution in [2.75, 3.05) is 26.0 Å². The third kappa shape index (κ3) is 3.76. The van der Waals surface area contributed by atoms with Gasteiger partial charge in [0.15, 0.2) is 0 Å². The highest BCUT2D eigenvalue weighted by atomic mass is 32.2.